The van der Waals surface area contributed by atoms with E-state index in [0.717, 1.165) is 11.3 Å². The molecule has 0 bridgehead atoms. The Kier molecular flexibility index (Phi) is 3.27. The van der Waals surface area contributed by atoms with Gasteiger partial charge in [-0.15, -0.1) is 0 Å². The molecule has 1 N–H and O–H groups in total. The van der Waals surface area contributed by atoms with Crippen molar-refractivity contribution in [3.63, 3.8) is 0 Å². The van der Waals surface area contributed by atoms with Gasteiger partial charge in [0.1, 0.15) is 11.9 Å². The summed E-state index contributed by atoms with van der Waals surface area (Å²) in [6.45, 7) is 1.90. The number of aromatic nitrogens is 1. The molecule has 0 unspecified atom stereocenters. The van der Waals surface area contributed by atoms with Gasteiger partial charge in [-0.1, -0.05) is 23.7 Å². The van der Waals surface area contributed by atoms with Crippen LogP contribution in [0, 0.1) is 18.3 Å². The van der Waals surface area contributed by atoms with Crippen molar-refractivity contribution >= 4 is 23.1 Å². The van der Waals surface area contributed by atoms with Crippen LogP contribution in [0.5, 0.6) is 0 Å². The SMILES string of the molecule is Cc1cccc(Nc2ccc(Cl)cn2)c1C#N. The van der Waals surface area contributed by atoms with E-state index in [1.807, 2.05) is 25.1 Å². The second kappa shape index (κ2) is 4.86. The van der Waals surface area contributed by atoms with Crippen LogP contribution in [0.1, 0.15) is 11.1 Å². The third-order valence-electron chi connectivity index (χ3n) is 2.37. The first kappa shape index (κ1) is 11.4. The third-order valence-corrected chi connectivity index (χ3v) is 2.60. The Bertz CT molecular complexity index is 570. The Morgan fingerprint density at radius 1 is 1.29 bits per heavy atom. The van der Waals surface area contributed by atoms with Crippen LogP contribution in [0.25, 0.3) is 0 Å². The van der Waals surface area contributed by atoms with E-state index >= 15 is 0 Å². The summed E-state index contributed by atoms with van der Waals surface area (Å²) in [7, 11) is 0. The van der Waals surface area contributed by atoms with Crippen molar-refractivity contribution in [3.05, 3.63) is 52.7 Å². The molecule has 1 aromatic heterocycles. The fourth-order valence-electron chi connectivity index (χ4n) is 1.51. The molecule has 84 valence electrons. The van der Waals surface area contributed by atoms with Gasteiger partial charge in [-0.3, -0.25) is 0 Å². The van der Waals surface area contributed by atoms with Gasteiger partial charge < -0.3 is 5.32 Å². The van der Waals surface area contributed by atoms with Crippen molar-refractivity contribution in [2.24, 2.45) is 0 Å². The van der Waals surface area contributed by atoms with Crippen molar-refractivity contribution < 1.29 is 0 Å². The van der Waals surface area contributed by atoms with E-state index in [2.05, 4.69) is 16.4 Å². The number of aryl methyl sites for hydroxylation is 1. The lowest BCUT2D eigenvalue weighted by Crippen LogP contribution is -1.97. The standard InChI is InChI=1S/C13H10ClN3/c1-9-3-2-4-12(11(9)7-15)17-13-6-5-10(14)8-16-13/h2-6,8H,1H3,(H,16,17). The molecule has 0 spiro atoms. The minimum absolute atomic E-state index is 0.584. The molecule has 0 saturated carbocycles. The van der Waals surface area contributed by atoms with Crippen LogP contribution in [0.15, 0.2) is 36.5 Å². The predicted molar refractivity (Wildman–Crippen MR) is 68.4 cm³/mol. The smallest absolute Gasteiger partial charge is 0.130 e. The zero-order valence-electron chi connectivity index (χ0n) is 9.24. The van der Waals surface area contributed by atoms with E-state index in [0.29, 0.717) is 16.4 Å². The number of anilines is 2. The average molecular weight is 244 g/mol. The highest BCUT2D eigenvalue weighted by Crippen LogP contribution is 2.22. The number of rotatable bonds is 2. The van der Waals surface area contributed by atoms with Gasteiger partial charge in [-0.2, -0.15) is 5.26 Å². The monoisotopic (exact) mass is 243 g/mol. The van der Waals surface area contributed by atoms with Gasteiger partial charge in [0.05, 0.1) is 16.3 Å². The van der Waals surface area contributed by atoms with Gasteiger partial charge in [-0.05, 0) is 30.7 Å². The van der Waals surface area contributed by atoms with Crippen molar-refractivity contribution in [1.82, 2.24) is 4.98 Å². The summed E-state index contributed by atoms with van der Waals surface area (Å²) in [4.78, 5) is 4.13. The Balaban J connectivity index is 2.34. The Morgan fingerprint density at radius 3 is 2.76 bits per heavy atom. The molecule has 4 heteroatoms. The average Bonchev–Trinajstić information content (AvgIpc) is 2.32. The number of nitrogens with zero attached hydrogens (tertiary/aromatic N) is 2. The molecule has 0 saturated heterocycles. The molecule has 0 amide bonds. The predicted octanol–water partition coefficient (Wildman–Crippen LogP) is 3.66. The third kappa shape index (κ3) is 2.55. The summed E-state index contributed by atoms with van der Waals surface area (Å²) >= 11 is 5.76. The molecular formula is C13H10ClN3. The normalized spacial score (nSPS) is 9.71. The minimum Gasteiger partial charge on any atom is -0.339 e. The van der Waals surface area contributed by atoms with Gasteiger partial charge in [-0.25, -0.2) is 4.98 Å². The van der Waals surface area contributed by atoms with Gasteiger partial charge in [0.15, 0.2) is 0 Å². The van der Waals surface area contributed by atoms with Gasteiger partial charge in [0.2, 0.25) is 0 Å². The fourth-order valence-corrected chi connectivity index (χ4v) is 1.62. The molecule has 1 heterocycles. The highest BCUT2D eigenvalue weighted by molar-refractivity contribution is 6.30. The molecule has 3 nitrogen and oxygen atoms in total. The number of hydrogen-bond acceptors (Lipinski definition) is 3. The van der Waals surface area contributed by atoms with E-state index in [-0.39, 0.29) is 0 Å². The summed E-state index contributed by atoms with van der Waals surface area (Å²) in [5.41, 5.74) is 2.32. The summed E-state index contributed by atoms with van der Waals surface area (Å²) < 4.78 is 0. The quantitative estimate of drug-likeness (QED) is 0.876. The topological polar surface area (TPSA) is 48.7 Å². The van der Waals surface area contributed by atoms with E-state index in [1.54, 1.807) is 18.3 Å². The van der Waals surface area contributed by atoms with E-state index < -0.39 is 0 Å². The second-order valence-corrected chi connectivity index (χ2v) is 4.03. The zero-order chi connectivity index (χ0) is 12.3. The van der Waals surface area contributed by atoms with Gasteiger partial charge in [0, 0.05) is 6.20 Å². The van der Waals surface area contributed by atoms with Gasteiger partial charge >= 0.3 is 0 Å². The van der Waals surface area contributed by atoms with Crippen LogP contribution >= 0.6 is 11.6 Å². The molecule has 0 atom stereocenters. The van der Waals surface area contributed by atoms with Crippen LogP contribution in [0.3, 0.4) is 0 Å². The first-order valence-electron chi connectivity index (χ1n) is 5.09. The van der Waals surface area contributed by atoms with E-state index in [1.165, 1.54) is 0 Å². The number of halogens is 1. The summed E-state index contributed by atoms with van der Waals surface area (Å²) in [6, 6.07) is 11.3. The lowest BCUT2D eigenvalue weighted by atomic mass is 10.1. The minimum atomic E-state index is 0.584. The second-order valence-electron chi connectivity index (χ2n) is 3.60. The Labute approximate surface area is 105 Å². The molecule has 1 aromatic carbocycles. The highest BCUT2D eigenvalue weighted by atomic mass is 35.5. The van der Waals surface area contributed by atoms with Crippen molar-refractivity contribution in [2.45, 2.75) is 6.92 Å². The number of nitriles is 1. The maximum absolute atomic E-state index is 9.09. The largest absolute Gasteiger partial charge is 0.339 e. The molecule has 0 fully saturated rings. The van der Waals surface area contributed by atoms with Crippen LogP contribution in [-0.4, -0.2) is 4.98 Å². The molecule has 2 aromatic rings. The molecule has 0 radical (unpaired) electrons. The highest BCUT2D eigenvalue weighted by Gasteiger charge is 2.05. The van der Waals surface area contributed by atoms with Crippen LogP contribution in [-0.2, 0) is 0 Å². The van der Waals surface area contributed by atoms with E-state index in [4.69, 9.17) is 16.9 Å². The fraction of sp³-hybridized carbons (Fsp3) is 0.0769. The first-order chi connectivity index (χ1) is 8.20. The maximum Gasteiger partial charge on any atom is 0.130 e. The summed E-state index contributed by atoms with van der Waals surface area (Å²) in [5, 5.41) is 12.8. The number of nitrogens with one attached hydrogen (secondary N) is 1. The number of hydrogen-bond donors (Lipinski definition) is 1. The summed E-state index contributed by atoms with van der Waals surface area (Å²) in [6.07, 6.45) is 1.56. The zero-order valence-corrected chi connectivity index (χ0v) is 9.99. The Hall–Kier alpha value is -2.05. The Morgan fingerprint density at radius 2 is 2.12 bits per heavy atom. The van der Waals surface area contributed by atoms with Crippen LogP contribution in [0.2, 0.25) is 5.02 Å². The lowest BCUT2D eigenvalue weighted by Gasteiger charge is -2.08. The van der Waals surface area contributed by atoms with E-state index in [9.17, 15) is 0 Å². The molecule has 0 aliphatic rings. The first-order valence-corrected chi connectivity index (χ1v) is 5.47. The maximum atomic E-state index is 9.09. The summed E-state index contributed by atoms with van der Waals surface area (Å²) in [5.74, 6) is 0.663. The van der Waals surface area contributed by atoms with Crippen molar-refractivity contribution in [2.75, 3.05) is 5.32 Å². The number of benzene rings is 1. The molecular weight excluding hydrogens is 234 g/mol. The van der Waals surface area contributed by atoms with Gasteiger partial charge in [0.25, 0.3) is 0 Å². The van der Waals surface area contributed by atoms with Crippen LogP contribution in [0.4, 0.5) is 11.5 Å². The van der Waals surface area contributed by atoms with Crippen molar-refractivity contribution in [1.29, 1.82) is 5.26 Å². The molecule has 0 aliphatic carbocycles. The lowest BCUT2D eigenvalue weighted by molar-refractivity contribution is 1.29. The molecule has 2 rings (SSSR count). The van der Waals surface area contributed by atoms with Crippen molar-refractivity contribution in [3.8, 4) is 6.07 Å². The van der Waals surface area contributed by atoms with Crippen LogP contribution < -0.4 is 5.32 Å². The molecule has 0 aliphatic heterocycles. The number of pyridine rings is 1. The molecule has 17 heavy (non-hydrogen) atoms.